The molecule has 2 N–H and O–H groups in total. The molecule has 0 spiro atoms. The summed E-state index contributed by atoms with van der Waals surface area (Å²) in [5, 5.41) is 2.11. The topological polar surface area (TPSA) is 97.2 Å². The monoisotopic (exact) mass is 374 g/mol. The Morgan fingerprint density at radius 1 is 1.32 bits per heavy atom. The number of methoxy groups -OCH3 is 1. The van der Waals surface area contributed by atoms with Crippen molar-refractivity contribution >= 4 is 22.0 Å². The highest BCUT2D eigenvalue weighted by atomic mass is 32.2. The smallest absolute Gasteiger partial charge is 0.413 e. The normalized spacial score (nSPS) is 17.7. The minimum Gasteiger partial charge on any atom is -0.453 e. The first-order valence-electron chi connectivity index (χ1n) is 7.75. The van der Waals surface area contributed by atoms with Crippen LogP contribution in [0.5, 0.6) is 0 Å². The maximum absolute atomic E-state index is 13.3. The van der Waals surface area contributed by atoms with Gasteiger partial charge in [0.2, 0.25) is 10.0 Å². The van der Waals surface area contributed by atoms with Gasteiger partial charge in [-0.1, -0.05) is 6.07 Å². The van der Waals surface area contributed by atoms with Crippen molar-refractivity contribution in [1.82, 2.24) is 9.62 Å². The van der Waals surface area contributed by atoms with E-state index in [1.54, 1.807) is 6.92 Å². The quantitative estimate of drug-likeness (QED) is 0.704. The van der Waals surface area contributed by atoms with Gasteiger partial charge in [0.1, 0.15) is 5.82 Å². The van der Waals surface area contributed by atoms with Gasteiger partial charge in [0.25, 0.3) is 5.91 Å². The lowest BCUT2D eigenvalue weighted by atomic mass is 10.2. The number of carbonyl (C=O) groups excluding carboxylic acids is 2. The van der Waals surface area contributed by atoms with Gasteiger partial charge in [0.15, 0.2) is 6.04 Å². The summed E-state index contributed by atoms with van der Waals surface area (Å²) in [6, 6.07) is 4.34. The van der Waals surface area contributed by atoms with E-state index in [4.69, 9.17) is 0 Å². The Hall–Kier alpha value is -2.04. The van der Waals surface area contributed by atoms with E-state index in [1.165, 1.54) is 22.5 Å². The van der Waals surface area contributed by atoms with Crippen molar-refractivity contribution in [3.63, 3.8) is 0 Å². The van der Waals surface area contributed by atoms with Gasteiger partial charge in [-0.15, -0.1) is 0 Å². The second-order valence-electron chi connectivity index (χ2n) is 5.72. The van der Waals surface area contributed by atoms with Crippen LogP contribution in [0.25, 0.3) is 0 Å². The lowest BCUT2D eigenvalue weighted by molar-refractivity contribution is -0.917. The van der Waals surface area contributed by atoms with Crippen LogP contribution in [0, 0.1) is 5.82 Å². The molecule has 2 amide bonds. The Morgan fingerprint density at radius 3 is 2.52 bits per heavy atom. The molecule has 0 saturated carbocycles. The second kappa shape index (κ2) is 7.89. The Morgan fingerprint density at radius 2 is 1.96 bits per heavy atom. The zero-order valence-corrected chi connectivity index (χ0v) is 14.8. The number of piperazine rings is 1. The van der Waals surface area contributed by atoms with Crippen molar-refractivity contribution in [3.05, 3.63) is 30.1 Å². The molecule has 1 heterocycles. The summed E-state index contributed by atoms with van der Waals surface area (Å²) in [4.78, 5) is 23.8. The summed E-state index contributed by atoms with van der Waals surface area (Å²) in [6.07, 6.45) is -0.830. The maximum Gasteiger partial charge on any atom is 0.413 e. The highest BCUT2D eigenvalue weighted by Crippen LogP contribution is 2.16. The van der Waals surface area contributed by atoms with Gasteiger partial charge in [0.05, 0.1) is 38.2 Å². The number of benzene rings is 1. The zero-order valence-electron chi connectivity index (χ0n) is 14.0. The molecule has 0 unspecified atom stereocenters. The Bertz CT molecular complexity index is 747. The molecule has 2 rings (SSSR count). The third-order valence-electron chi connectivity index (χ3n) is 4.21. The largest absolute Gasteiger partial charge is 0.453 e. The number of rotatable bonds is 4. The number of halogens is 1. The third-order valence-corrected chi connectivity index (χ3v) is 6.11. The number of hydrogen-bond donors (Lipinski definition) is 2. The van der Waals surface area contributed by atoms with Crippen LogP contribution in [0.2, 0.25) is 0 Å². The van der Waals surface area contributed by atoms with Crippen molar-refractivity contribution in [2.75, 3.05) is 33.3 Å². The standard InChI is InChI=1S/C15H20FN3O5S/c1-11(14(20)17-15(21)24-2)18-6-8-19(9-7-18)25(22,23)13-5-3-4-12(16)10-13/h3-5,10-11H,6-9H2,1-2H3,(H,17,20,21)/p+1/t11-/m1/s1. The van der Waals surface area contributed by atoms with E-state index in [-0.39, 0.29) is 18.0 Å². The number of ether oxygens (including phenoxy) is 1. The number of sulfonamides is 1. The number of carbonyl (C=O) groups is 2. The summed E-state index contributed by atoms with van der Waals surface area (Å²) >= 11 is 0. The molecule has 1 saturated heterocycles. The van der Waals surface area contributed by atoms with Crippen LogP contribution in [-0.4, -0.2) is 64.1 Å². The maximum atomic E-state index is 13.3. The Balaban J connectivity index is 1.99. The van der Waals surface area contributed by atoms with Crippen LogP contribution in [0.4, 0.5) is 9.18 Å². The minimum atomic E-state index is -3.77. The molecule has 1 atom stereocenters. The highest BCUT2D eigenvalue weighted by Gasteiger charge is 2.35. The lowest BCUT2D eigenvalue weighted by Gasteiger charge is -2.34. The van der Waals surface area contributed by atoms with Gasteiger partial charge in [-0.2, -0.15) is 4.31 Å². The third kappa shape index (κ3) is 4.53. The molecular formula is C15H21FN3O5S+. The molecule has 1 fully saturated rings. The summed E-state index contributed by atoms with van der Waals surface area (Å²) in [5.74, 6) is -1.10. The molecular weight excluding hydrogens is 353 g/mol. The number of imide groups is 1. The van der Waals surface area contributed by atoms with Crippen LogP contribution < -0.4 is 10.2 Å². The molecule has 0 aliphatic carbocycles. The summed E-state index contributed by atoms with van der Waals surface area (Å²) < 4.78 is 44.0. The number of hydrogen-bond acceptors (Lipinski definition) is 5. The van der Waals surface area contributed by atoms with E-state index in [2.05, 4.69) is 10.1 Å². The van der Waals surface area contributed by atoms with Gasteiger partial charge >= 0.3 is 6.09 Å². The second-order valence-corrected chi connectivity index (χ2v) is 7.66. The fourth-order valence-electron chi connectivity index (χ4n) is 2.67. The number of nitrogens with one attached hydrogen (secondary N) is 2. The van der Waals surface area contributed by atoms with E-state index in [0.717, 1.165) is 18.1 Å². The predicted molar refractivity (Wildman–Crippen MR) is 85.9 cm³/mol. The minimum absolute atomic E-state index is 0.0903. The molecule has 1 aliphatic rings. The van der Waals surface area contributed by atoms with Crippen molar-refractivity contribution in [3.8, 4) is 0 Å². The summed E-state index contributed by atoms with van der Waals surface area (Å²) in [7, 11) is -2.61. The van der Waals surface area contributed by atoms with Gasteiger partial charge < -0.3 is 9.64 Å². The molecule has 1 aromatic carbocycles. The molecule has 138 valence electrons. The number of nitrogens with zero attached hydrogens (tertiary/aromatic N) is 1. The molecule has 0 aromatic heterocycles. The highest BCUT2D eigenvalue weighted by molar-refractivity contribution is 7.89. The van der Waals surface area contributed by atoms with Crippen molar-refractivity contribution in [2.45, 2.75) is 17.9 Å². The van der Waals surface area contributed by atoms with E-state index >= 15 is 0 Å². The van der Waals surface area contributed by atoms with Crippen LogP contribution in [0.15, 0.2) is 29.2 Å². The molecule has 1 aromatic rings. The molecule has 1 aliphatic heterocycles. The van der Waals surface area contributed by atoms with Crippen LogP contribution in [0.3, 0.4) is 0 Å². The predicted octanol–water partition coefficient (Wildman–Crippen LogP) is -1.01. The van der Waals surface area contributed by atoms with Crippen LogP contribution in [0.1, 0.15) is 6.92 Å². The zero-order chi connectivity index (χ0) is 18.6. The van der Waals surface area contributed by atoms with Gasteiger partial charge in [-0.25, -0.2) is 17.6 Å². The lowest BCUT2D eigenvalue weighted by Crippen LogP contribution is -3.19. The van der Waals surface area contributed by atoms with Crippen molar-refractivity contribution < 1.29 is 32.0 Å². The van der Waals surface area contributed by atoms with Gasteiger partial charge in [-0.3, -0.25) is 10.1 Å². The number of amides is 2. The average Bonchev–Trinajstić information content (AvgIpc) is 2.61. The fraction of sp³-hybridized carbons (Fsp3) is 0.467. The Labute approximate surface area is 145 Å². The first kappa shape index (κ1) is 19.3. The van der Waals surface area contributed by atoms with Crippen molar-refractivity contribution in [1.29, 1.82) is 0 Å². The molecule has 10 heteroatoms. The van der Waals surface area contributed by atoms with Gasteiger partial charge in [0, 0.05) is 0 Å². The first-order valence-corrected chi connectivity index (χ1v) is 9.19. The van der Waals surface area contributed by atoms with Gasteiger partial charge in [-0.05, 0) is 25.1 Å². The van der Waals surface area contributed by atoms with Crippen LogP contribution >= 0.6 is 0 Å². The molecule has 0 bridgehead atoms. The SMILES string of the molecule is COC(=O)NC(=O)[C@@H](C)[NH+]1CCN(S(=O)(=O)c2cccc(F)c2)CC1. The summed E-state index contributed by atoms with van der Waals surface area (Å²) in [6.45, 7) is 2.84. The summed E-state index contributed by atoms with van der Waals surface area (Å²) in [5.41, 5.74) is 0. The average molecular weight is 374 g/mol. The van der Waals surface area contributed by atoms with E-state index < -0.39 is 33.9 Å². The van der Waals surface area contributed by atoms with E-state index in [1.807, 2.05) is 0 Å². The van der Waals surface area contributed by atoms with Crippen LogP contribution in [-0.2, 0) is 19.6 Å². The fourth-order valence-corrected chi connectivity index (χ4v) is 4.14. The molecule has 0 radical (unpaired) electrons. The van der Waals surface area contributed by atoms with Crippen molar-refractivity contribution in [2.24, 2.45) is 0 Å². The molecule has 8 nitrogen and oxygen atoms in total. The van der Waals surface area contributed by atoms with E-state index in [0.29, 0.717) is 13.1 Å². The molecule has 25 heavy (non-hydrogen) atoms. The Kier molecular flexibility index (Phi) is 6.09. The number of quaternary nitrogens is 1. The number of alkyl carbamates (subject to hydrolysis) is 1. The van der Waals surface area contributed by atoms with E-state index in [9.17, 15) is 22.4 Å². The first-order chi connectivity index (χ1) is 11.8.